The number of rotatable bonds is 4. The van der Waals surface area contributed by atoms with Gasteiger partial charge in [-0.1, -0.05) is 5.16 Å². The van der Waals surface area contributed by atoms with Crippen LogP contribution in [0.2, 0.25) is 0 Å². The summed E-state index contributed by atoms with van der Waals surface area (Å²) in [6, 6.07) is 0. The Balaban J connectivity index is 2.16. The van der Waals surface area contributed by atoms with Crippen molar-refractivity contribution in [2.75, 3.05) is 25.1 Å². The molecule has 1 aliphatic heterocycles. The zero-order valence-electron chi connectivity index (χ0n) is 10.3. The molecule has 0 aromatic carbocycles. The van der Waals surface area contributed by atoms with Crippen LogP contribution < -0.4 is 10.6 Å². The highest BCUT2D eigenvalue weighted by molar-refractivity contribution is 6.01. The highest BCUT2D eigenvalue weighted by atomic mass is 16.5. The molecule has 1 aromatic rings. The minimum atomic E-state index is 0.00444. The van der Waals surface area contributed by atoms with Crippen LogP contribution in [0.5, 0.6) is 0 Å². The topological polar surface area (TPSA) is 96.9 Å². The number of amidine groups is 1. The van der Waals surface area contributed by atoms with Crippen molar-refractivity contribution < 1.29 is 9.94 Å². The van der Waals surface area contributed by atoms with Crippen molar-refractivity contribution in [1.82, 2.24) is 9.97 Å². The maximum atomic E-state index is 8.74. The van der Waals surface area contributed by atoms with Crippen molar-refractivity contribution in [2.24, 2.45) is 10.9 Å². The lowest BCUT2D eigenvalue weighted by Crippen LogP contribution is -2.31. The normalized spacial score (nSPS) is 20.1. The first-order chi connectivity index (χ1) is 8.72. The Hall–Kier alpha value is -1.89. The van der Waals surface area contributed by atoms with Crippen LogP contribution in [0.4, 0.5) is 5.82 Å². The summed E-state index contributed by atoms with van der Waals surface area (Å²) in [5.74, 6) is 0.639. The molecule has 0 spiro atoms. The third kappa shape index (κ3) is 2.67. The molecular formula is C11H17N5O2. The van der Waals surface area contributed by atoms with Crippen LogP contribution in [0.1, 0.15) is 18.4 Å². The lowest BCUT2D eigenvalue weighted by Gasteiger charge is -2.23. The van der Waals surface area contributed by atoms with Gasteiger partial charge >= 0.3 is 0 Å². The minimum absolute atomic E-state index is 0.00444. The van der Waals surface area contributed by atoms with Crippen molar-refractivity contribution in [1.29, 1.82) is 0 Å². The van der Waals surface area contributed by atoms with Crippen molar-refractivity contribution >= 4 is 11.7 Å². The van der Waals surface area contributed by atoms with Crippen molar-refractivity contribution in [3.05, 3.63) is 18.1 Å². The fourth-order valence-corrected chi connectivity index (χ4v) is 2.04. The number of anilines is 1. The van der Waals surface area contributed by atoms with Crippen LogP contribution >= 0.6 is 0 Å². The Bertz CT molecular complexity index is 431. The van der Waals surface area contributed by atoms with Gasteiger partial charge in [0.1, 0.15) is 12.1 Å². The maximum Gasteiger partial charge on any atom is 0.175 e. The first-order valence-corrected chi connectivity index (χ1v) is 5.83. The van der Waals surface area contributed by atoms with Gasteiger partial charge in [-0.3, -0.25) is 0 Å². The monoisotopic (exact) mass is 251 g/mol. The molecule has 0 saturated carbocycles. The van der Waals surface area contributed by atoms with E-state index < -0.39 is 0 Å². The zero-order chi connectivity index (χ0) is 13.0. The van der Waals surface area contributed by atoms with Crippen molar-refractivity contribution in [3.8, 4) is 0 Å². The number of aromatic nitrogens is 2. The molecule has 1 fully saturated rings. The number of oxime groups is 1. The molecule has 7 nitrogen and oxygen atoms in total. The van der Waals surface area contributed by atoms with E-state index in [1.165, 1.54) is 12.5 Å². The van der Waals surface area contributed by atoms with Gasteiger partial charge < -0.3 is 20.6 Å². The average Bonchev–Trinajstić information content (AvgIpc) is 2.90. The smallest absolute Gasteiger partial charge is 0.175 e. The first-order valence-electron chi connectivity index (χ1n) is 5.83. The summed E-state index contributed by atoms with van der Waals surface area (Å²) in [7, 11) is 1.90. The maximum absolute atomic E-state index is 8.74. The fourth-order valence-electron chi connectivity index (χ4n) is 2.04. The molecule has 18 heavy (non-hydrogen) atoms. The van der Waals surface area contributed by atoms with E-state index in [1.807, 2.05) is 11.9 Å². The lowest BCUT2D eigenvalue weighted by atomic mass is 10.2. The van der Waals surface area contributed by atoms with E-state index in [9.17, 15) is 0 Å². The SMILES string of the molecule is CN(CC1CCCO1)c1ncncc1C(N)=NO. The van der Waals surface area contributed by atoms with Gasteiger partial charge in [-0.25, -0.2) is 9.97 Å². The summed E-state index contributed by atoms with van der Waals surface area (Å²) in [5.41, 5.74) is 6.12. The van der Waals surface area contributed by atoms with Crippen LogP contribution in [0.3, 0.4) is 0 Å². The predicted octanol–water partition coefficient (Wildman–Crippen LogP) is 0.186. The highest BCUT2D eigenvalue weighted by Crippen LogP contribution is 2.18. The van der Waals surface area contributed by atoms with Crippen LogP contribution in [0, 0.1) is 0 Å². The Morgan fingerprint density at radius 3 is 3.22 bits per heavy atom. The largest absolute Gasteiger partial charge is 0.409 e. The third-order valence-corrected chi connectivity index (χ3v) is 2.94. The number of nitrogens with zero attached hydrogens (tertiary/aromatic N) is 4. The summed E-state index contributed by atoms with van der Waals surface area (Å²) < 4.78 is 5.58. The van der Waals surface area contributed by atoms with E-state index in [1.54, 1.807) is 0 Å². The Labute approximate surface area is 105 Å². The van der Waals surface area contributed by atoms with Gasteiger partial charge in [0.05, 0.1) is 11.7 Å². The average molecular weight is 251 g/mol. The number of hydrogen-bond acceptors (Lipinski definition) is 6. The summed E-state index contributed by atoms with van der Waals surface area (Å²) in [6.07, 6.45) is 5.33. The molecule has 2 rings (SSSR count). The number of likely N-dealkylation sites (N-methyl/N-ethyl adjacent to an activating group) is 1. The summed E-state index contributed by atoms with van der Waals surface area (Å²) in [6.45, 7) is 1.54. The molecule has 1 unspecified atom stereocenters. The molecule has 0 radical (unpaired) electrons. The lowest BCUT2D eigenvalue weighted by molar-refractivity contribution is 0.116. The van der Waals surface area contributed by atoms with Gasteiger partial charge in [0, 0.05) is 26.4 Å². The molecule has 3 N–H and O–H groups in total. The highest BCUT2D eigenvalue weighted by Gasteiger charge is 2.20. The second-order valence-corrected chi connectivity index (χ2v) is 4.26. The molecule has 0 amide bonds. The fraction of sp³-hybridized carbons (Fsp3) is 0.545. The van der Waals surface area contributed by atoms with Crippen LogP contribution in [-0.2, 0) is 4.74 Å². The van der Waals surface area contributed by atoms with E-state index in [0.717, 1.165) is 26.0 Å². The molecule has 0 aliphatic carbocycles. The van der Waals surface area contributed by atoms with Crippen molar-refractivity contribution in [2.45, 2.75) is 18.9 Å². The summed E-state index contributed by atoms with van der Waals surface area (Å²) in [4.78, 5) is 10.0. The van der Waals surface area contributed by atoms with Gasteiger partial charge in [0.2, 0.25) is 0 Å². The van der Waals surface area contributed by atoms with Gasteiger partial charge in [0.15, 0.2) is 5.84 Å². The number of ether oxygens (including phenoxy) is 1. The molecule has 1 saturated heterocycles. The zero-order valence-corrected chi connectivity index (χ0v) is 10.3. The van der Waals surface area contributed by atoms with E-state index in [-0.39, 0.29) is 11.9 Å². The van der Waals surface area contributed by atoms with Crippen molar-refractivity contribution in [3.63, 3.8) is 0 Å². The van der Waals surface area contributed by atoms with E-state index >= 15 is 0 Å². The number of nitrogens with two attached hydrogens (primary N) is 1. The van der Waals surface area contributed by atoms with Gasteiger partial charge in [-0.05, 0) is 12.8 Å². The van der Waals surface area contributed by atoms with Gasteiger partial charge in [-0.2, -0.15) is 0 Å². The first kappa shape index (κ1) is 12.6. The predicted molar refractivity (Wildman–Crippen MR) is 66.8 cm³/mol. The Morgan fingerprint density at radius 1 is 1.72 bits per heavy atom. The standard InChI is InChI=1S/C11H17N5O2/c1-16(6-8-3-2-4-18-8)11-9(10(12)15-17)5-13-7-14-11/h5,7-8,17H,2-4,6H2,1H3,(H2,12,15). The molecule has 1 atom stereocenters. The number of hydrogen-bond donors (Lipinski definition) is 2. The second-order valence-electron chi connectivity index (χ2n) is 4.26. The van der Waals surface area contributed by atoms with E-state index in [0.29, 0.717) is 11.4 Å². The molecule has 2 heterocycles. The Kier molecular flexibility index (Phi) is 3.93. The van der Waals surface area contributed by atoms with Crippen LogP contribution in [-0.4, -0.2) is 47.3 Å². The van der Waals surface area contributed by atoms with E-state index in [2.05, 4.69) is 15.1 Å². The molecule has 1 aliphatic rings. The second kappa shape index (κ2) is 5.63. The summed E-state index contributed by atoms with van der Waals surface area (Å²) in [5, 5.41) is 11.7. The molecule has 1 aromatic heterocycles. The summed E-state index contributed by atoms with van der Waals surface area (Å²) >= 11 is 0. The van der Waals surface area contributed by atoms with E-state index in [4.69, 9.17) is 15.7 Å². The quantitative estimate of drug-likeness (QED) is 0.343. The van der Waals surface area contributed by atoms with Gasteiger partial charge in [0.25, 0.3) is 0 Å². The molecule has 98 valence electrons. The third-order valence-electron chi connectivity index (χ3n) is 2.94. The molecule has 0 bridgehead atoms. The molecular weight excluding hydrogens is 234 g/mol. The van der Waals surface area contributed by atoms with Gasteiger partial charge in [-0.15, -0.1) is 0 Å². The van der Waals surface area contributed by atoms with Crippen LogP contribution in [0.15, 0.2) is 17.7 Å². The van der Waals surface area contributed by atoms with Crippen LogP contribution in [0.25, 0.3) is 0 Å². The molecule has 7 heteroatoms. The minimum Gasteiger partial charge on any atom is -0.409 e. The Morgan fingerprint density at radius 2 is 2.56 bits per heavy atom.